The van der Waals surface area contributed by atoms with Crippen LogP contribution in [0.15, 0.2) is 18.2 Å². The summed E-state index contributed by atoms with van der Waals surface area (Å²) in [5, 5.41) is 10.8. The summed E-state index contributed by atoms with van der Waals surface area (Å²) in [6.07, 6.45) is 0. The van der Waals surface area contributed by atoms with E-state index in [-0.39, 0.29) is 5.75 Å². The molecule has 0 amide bonds. The quantitative estimate of drug-likeness (QED) is 0.625. The molecule has 48 valence electrons. The zero-order chi connectivity index (χ0) is 6.85. The second-order valence-corrected chi connectivity index (χ2v) is 3.10. The van der Waals surface area contributed by atoms with Gasteiger partial charge in [0.25, 0.3) is 0 Å². The topological polar surface area (TPSA) is 23.1 Å². The van der Waals surface area contributed by atoms with Crippen molar-refractivity contribution in [1.29, 1.82) is 0 Å². The molecule has 0 heterocycles. The van der Waals surface area contributed by atoms with E-state index in [9.17, 15) is 5.11 Å². The Hall–Kier alpha value is -0.250. The molecule has 0 saturated carbocycles. The highest BCUT2D eigenvalue weighted by atomic mass is 127. The van der Waals surface area contributed by atoms with E-state index in [1.165, 1.54) is 0 Å². The molecule has 1 aromatic carbocycles. The maximum absolute atomic E-state index is 10.8. The second-order valence-electron chi connectivity index (χ2n) is 1.93. The molecule has 1 nitrogen and oxygen atoms in total. The first kappa shape index (κ1) is 6.86. The number of hydrogen-bond acceptors (Lipinski definition) is 1. The van der Waals surface area contributed by atoms with Crippen LogP contribution < -0.4 is 5.11 Å². The smallest absolute Gasteiger partial charge is 0.00538 e. The largest absolute Gasteiger partial charge is 0.872 e. The predicted molar refractivity (Wildman–Crippen MR) is 43.3 cm³/mol. The first-order chi connectivity index (χ1) is 4.20. The summed E-state index contributed by atoms with van der Waals surface area (Å²) in [5.41, 5.74) is 1.14. The molecule has 0 aliphatic heterocycles. The van der Waals surface area contributed by atoms with Crippen LogP contribution >= 0.6 is 22.6 Å². The van der Waals surface area contributed by atoms with Gasteiger partial charge in [0, 0.05) is 3.57 Å². The number of hydrogen-bond donors (Lipinski definition) is 0. The van der Waals surface area contributed by atoms with Crippen LogP contribution in [0.25, 0.3) is 0 Å². The Kier molecular flexibility index (Phi) is 1.95. The van der Waals surface area contributed by atoms with E-state index in [0.29, 0.717) is 0 Å². The van der Waals surface area contributed by atoms with Crippen LogP contribution in [0.4, 0.5) is 0 Å². The van der Waals surface area contributed by atoms with Crippen molar-refractivity contribution < 1.29 is 5.11 Å². The summed E-state index contributed by atoms with van der Waals surface area (Å²) < 4.78 is 0.799. The fourth-order valence-corrected chi connectivity index (χ4v) is 1.28. The van der Waals surface area contributed by atoms with Crippen LogP contribution in [0.2, 0.25) is 0 Å². The minimum absolute atomic E-state index is 0.112. The van der Waals surface area contributed by atoms with Gasteiger partial charge in [-0.15, -0.1) is 0 Å². The van der Waals surface area contributed by atoms with Gasteiger partial charge in [-0.3, -0.25) is 0 Å². The van der Waals surface area contributed by atoms with Crippen LogP contribution in [-0.2, 0) is 0 Å². The number of halogens is 1. The Bertz CT molecular complexity index is 220. The summed E-state index contributed by atoms with van der Waals surface area (Å²) >= 11 is 2.04. The van der Waals surface area contributed by atoms with Gasteiger partial charge in [0.2, 0.25) is 0 Å². The highest BCUT2D eigenvalue weighted by Crippen LogP contribution is 2.16. The average molecular weight is 233 g/mol. The van der Waals surface area contributed by atoms with Gasteiger partial charge in [0.1, 0.15) is 0 Å². The van der Waals surface area contributed by atoms with Gasteiger partial charge >= 0.3 is 0 Å². The number of rotatable bonds is 0. The zero-order valence-electron chi connectivity index (χ0n) is 5.02. The van der Waals surface area contributed by atoms with E-state index in [1.54, 1.807) is 6.07 Å². The fourth-order valence-electron chi connectivity index (χ4n) is 0.606. The third-order valence-electron chi connectivity index (χ3n) is 1.09. The monoisotopic (exact) mass is 233 g/mol. The minimum Gasteiger partial charge on any atom is -0.872 e. The van der Waals surface area contributed by atoms with Crippen LogP contribution in [0.5, 0.6) is 5.75 Å². The number of aryl methyl sites for hydroxylation is 1. The molecule has 0 spiro atoms. The van der Waals surface area contributed by atoms with E-state index in [4.69, 9.17) is 0 Å². The third-order valence-corrected chi connectivity index (χ3v) is 1.93. The lowest BCUT2D eigenvalue weighted by Gasteiger charge is -2.07. The van der Waals surface area contributed by atoms with E-state index in [0.717, 1.165) is 9.13 Å². The van der Waals surface area contributed by atoms with Gasteiger partial charge in [-0.1, -0.05) is 23.4 Å². The van der Waals surface area contributed by atoms with E-state index < -0.39 is 0 Å². The van der Waals surface area contributed by atoms with Crippen molar-refractivity contribution in [2.75, 3.05) is 0 Å². The van der Waals surface area contributed by atoms with Crippen molar-refractivity contribution in [3.8, 4) is 5.75 Å². The summed E-state index contributed by atoms with van der Waals surface area (Å²) in [7, 11) is 0. The summed E-state index contributed by atoms with van der Waals surface area (Å²) in [6, 6.07) is 5.30. The molecule has 2 heteroatoms. The predicted octanol–water partition coefficient (Wildman–Crippen LogP) is 1.67. The molecule has 0 aliphatic carbocycles. The molecule has 0 fully saturated rings. The van der Waals surface area contributed by atoms with Gasteiger partial charge in [-0.2, -0.15) is 0 Å². The van der Waals surface area contributed by atoms with Crippen molar-refractivity contribution in [3.05, 3.63) is 27.3 Å². The normalized spacial score (nSPS) is 9.56. The number of benzene rings is 1. The Balaban J connectivity index is 3.17. The first-order valence-electron chi connectivity index (χ1n) is 2.63. The average Bonchev–Trinajstić information content (AvgIpc) is 1.80. The SMILES string of the molecule is Cc1ccc([O-])c(I)c1. The lowest BCUT2D eigenvalue weighted by Crippen LogP contribution is -1.92. The minimum atomic E-state index is 0.112. The summed E-state index contributed by atoms with van der Waals surface area (Å²) in [6.45, 7) is 1.97. The second kappa shape index (κ2) is 2.56. The maximum atomic E-state index is 10.8. The van der Waals surface area contributed by atoms with Crippen LogP contribution in [-0.4, -0.2) is 0 Å². The van der Waals surface area contributed by atoms with Crippen molar-refractivity contribution in [1.82, 2.24) is 0 Å². The molecule has 1 aromatic rings. The van der Waals surface area contributed by atoms with Crippen LogP contribution in [0.1, 0.15) is 5.56 Å². The summed E-state index contributed by atoms with van der Waals surface area (Å²) in [4.78, 5) is 0. The Labute approximate surface area is 67.9 Å². The highest BCUT2D eigenvalue weighted by Gasteiger charge is 1.86. The molecule has 0 unspecified atom stereocenters. The molecule has 1 rings (SSSR count). The lowest BCUT2D eigenvalue weighted by molar-refractivity contribution is -0.269. The molecule has 0 aliphatic rings. The Morgan fingerprint density at radius 3 is 2.56 bits per heavy atom. The Morgan fingerprint density at radius 1 is 1.44 bits per heavy atom. The van der Waals surface area contributed by atoms with E-state index >= 15 is 0 Å². The van der Waals surface area contributed by atoms with Gasteiger partial charge in [0.05, 0.1) is 0 Å². The molecule has 0 bridgehead atoms. The summed E-state index contributed by atoms with van der Waals surface area (Å²) in [5.74, 6) is 0.112. The Morgan fingerprint density at radius 2 is 2.11 bits per heavy atom. The molecule has 0 saturated heterocycles. The highest BCUT2D eigenvalue weighted by molar-refractivity contribution is 14.1. The van der Waals surface area contributed by atoms with Gasteiger partial charge in [-0.25, -0.2) is 0 Å². The van der Waals surface area contributed by atoms with Crippen molar-refractivity contribution in [2.24, 2.45) is 0 Å². The maximum Gasteiger partial charge on any atom is 0.00538 e. The molecule has 0 radical (unpaired) electrons. The van der Waals surface area contributed by atoms with Crippen LogP contribution in [0, 0.1) is 10.5 Å². The van der Waals surface area contributed by atoms with Gasteiger partial charge in [0.15, 0.2) is 0 Å². The molecule has 0 aromatic heterocycles. The van der Waals surface area contributed by atoms with E-state index in [2.05, 4.69) is 0 Å². The van der Waals surface area contributed by atoms with E-state index in [1.807, 2.05) is 41.6 Å². The van der Waals surface area contributed by atoms with Gasteiger partial charge in [-0.05, 0) is 35.6 Å². The first-order valence-corrected chi connectivity index (χ1v) is 3.71. The van der Waals surface area contributed by atoms with Crippen molar-refractivity contribution in [3.63, 3.8) is 0 Å². The van der Waals surface area contributed by atoms with Gasteiger partial charge < -0.3 is 5.11 Å². The lowest BCUT2D eigenvalue weighted by atomic mass is 10.2. The third kappa shape index (κ3) is 1.58. The molecular weight excluding hydrogens is 227 g/mol. The molecular formula is C7H6IO-. The fraction of sp³-hybridized carbons (Fsp3) is 0.143. The standard InChI is InChI=1S/C7H7IO/c1-5-2-3-7(9)6(8)4-5/h2-4,9H,1H3/p-1. The zero-order valence-corrected chi connectivity index (χ0v) is 7.18. The molecule has 0 atom stereocenters. The van der Waals surface area contributed by atoms with Crippen molar-refractivity contribution >= 4 is 22.6 Å². The molecule has 0 N–H and O–H groups in total. The van der Waals surface area contributed by atoms with Crippen molar-refractivity contribution in [2.45, 2.75) is 6.92 Å². The van der Waals surface area contributed by atoms with Crippen LogP contribution in [0.3, 0.4) is 0 Å². The molecule has 9 heavy (non-hydrogen) atoms.